The van der Waals surface area contributed by atoms with Crippen molar-refractivity contribution in [3.8, 4) is 0 Å². The molecule has 0 N–H and O–H groups in total. The Kier molecular flexibility index (Phi) is 58.9. The fourth-order valence-corrected chi connectivity index (χ4v) is 8.31. The SMILES string of the molecule is CC/C=C\C/C=C\C/C=C\C/C=C\C/C=C\C/C=C\C/C=C\CCCCCCCC(=O)OCC(COC(=O)CCCCCCCCCCC)OC(=O)CCCCCCCC/C=C\C/C=C\C/C=C\CCCCCCC. The minimum Gasteiger partial charge on any atom is -0.462 e. The van der Waals surface area contributed by atoms with Crippen molar-refractivity contribution in [1.29, 1.82) is 0 Å². The first-order valence-corrected chi connectivity index (χ1v) is 31.0. The second-order valence-corrected chi connectivity index (χ2v) is 20.2. The normalized spacial score (nSPS) is 12.9. The zero-order valence-electron chi connectivity index (χ0n) is 48.8. The van der Waals surface area contributed by atoms with Crippen molar-refractivity contribution in [1.82, 2.24) is 0 Å². The van der Waals surface area contributed by atoms with E-state index in [0.29, 0.717) is 19.3 Å². The summed E-state index contributed by atoms with van der Waals surface area (Å²) in [5.74, 6) is -0.925. The molecule has 0 aliphatic rings. The van der Waals surface area contributed by atoms with Crippen LogP contribution in [0.1, 0.15) is 278 Å². The zero-order chi connectivity index (χ0) is 54.3. The highest BCUT2D eigenvalue weighted by Crippen LogP contribution is 2.14. The van der Waals surface area contributed by atoms with Gasteiger partial charge in [-0.15, -0.1) is 0 Å². The Morgan fingerprint density at radius 3 is 0.813 bits per heavy atom. The summed E-state index contributed by atoms with van der Waals surface area (Å²) in [7, 11) is 0. The number of carbonyl (C=O) groups is 3. The van der Waals surface area contributed by atoms with Crippen LogP contribution in [0.3, 0.4) is 0 Å². The van der Waals surface area contributed by atoms with Crippen LogP contribution in [0.5, 0.6) is 0 Å². The maximum absolute atomic E-state index is 12.9. The molecule has 0 saturated heterocycles. The molecular weight excluding hydrogens is 925 g/mol. The Labute approximate surface area is 462 Å². The van der Waals surface area contributed by atoms with Crippen molar-refractivity contribution in [3.63, 3.8) is 0 Å². The number of rotatable bonds is 55. The quantitative estimate of drug-likeness (QED) is 0.0261. The minimum absolute atomic E-state index is 0.0908. The van der Waals surface area contributed by atoms with Gasteiger partial charge in [0.25, 0.3) is 0 Å². The highest BCUT2D eigenvalue weighted by molar-refractivity contribution is 5.71. The van der Waals surface area contributed by atoms with E-state index in [2.05, 4.69) is 142 Å². The Balaban J connectivity index is 4.33. The van der Waals surface area contributed by atoms with Gasteiger partial charge in [-0.1, -0.05) is 264 Å². The lowest BCUT2D eigenvalue weighted by Crippen LogP contribution is -2.30. The van der Waals surface area contributed by atoms with Crippen molar-refractivity contribution in [2.75, 3.05) is 13.2 Å². The van der Waals surface area contributed by atoms with Crippen LogP contribution in [0.4, 0.5) is 0 Å². The first-order valence-electron chi connectivity index (χ1n) is 31.0. The van der Waals surface area contributed by atoms with Crippen LogP contribution >= 0.6 is 0 Å². The Hall–Kier alpha value is -4.19. The van der Waals surface area contributed by atoms with E-state index < -0.39 is 6.10 Å². The van der Waals surface area contributed by atoms with Gasteiger partial charge in [-0.3, -0.25) is 14.4 Å². The van der Waals surface area contributed by atoms with Gasteiger partial charge in [0.05, 0.1) is 0 Å². The molecule has 0 fully saturated rings. The second kappa shape index (κ2) is 62.4. The molecule has 0 amide bonds. The average molecular weight is 1040 g/mol. The molecule has 75 heavy (non-hydrogen) atoms. The molecule has 0 radical (unpaired) electrons. The van der Waals surface area contributed by atoms with Crippen molar-refractivity contribution in [2.45, 2.75) is 284 Å². The highest BCUT2D eigenvalue weighted by Gasteiger charge is 2.19. The molecule has 0 saturated carbocycles. The standard InChI is InChI=1S/C69H114O6/c1-4-7-10-13-16-19-21-23-25-27-29-31-32-33-34-35-36-38-39-41-43-45-47-50-53-56-59-62-68(71)74-65-66(64-73-67(70)61-58-55-52-49-18-15-12-9-6-3)75-69(72)63-60-57-54-51-48-46-44-42-40-37-30-28-26-24-22-20-17-14-11-8-5-2/h7,10,16,19,22-25,28-31,33-34,36,38,40-43,66H,4-6,8-9,11-15,17-18,20-21,26-27,32,35,37,39,44-65H2,1-3H3/b10-7-,19-16-,24-22-,25-23-,30-28-,31-29-,34-33-,38-36-,42-40-,43-41-. The summed E-state index contributed by atoms with van der Waals surface area (Å²) in [6.45, 7) is 6.47. The number of hydrogen-bond donors (Lipinski definition) is 0. The second-order valence-electron chi connectivity index (χ2n) is 20.2. The van der Waals surface area contributed by atoms with Crippen molar-refractivity contribution in [2.24, 2.45) is 0 Å². The van der Waals surface area contributed by atoms with Gasteiger partial charge in [0.2, 0.25) is 0 Å². The molecule has 6 heteroatoms. The fraction of sp³-hybridized carbons (Fsp3) is 0.667. The first kappa shape index (κ1) is 70.8. The third-order valence-electron chi connectivity index (χ3n) is 13.0. The van der Waals surface area contributed by atoms with Gasteiger partial charge in [0.15, 0.2) is 6.10 Å². The molecule has 426 valence electrons. The largest absolute Gasteiger partial charge is 0.462 e. The number of hydrogen-bond acceptors (Lipinski definition) is 6. The lowest BCUT2D eigenvalue weighted by molar-refractivity contribution is -0.167. The zero-order valence-corrected chi connectivity index (χ0v) is 48.8. The van der Waals surface area contributed by atoms with Crippen LogP contribution < -0.4 is 0 Å². The van der Waals surface area contributed by atoms with Gasteiger partial charge in [0, 0.05) is 19.3 Å². The summed E-state index contributed by atoms with van der Waals surface area (Å²) in [5.41, 5.74) is 0. The molecule has 1 atom stereocenters. The number of unbranched alkanes of at least 4 members (excludes halogenated alkanes) is 24. The molecule has 1 unspecified atom stereocenters. The topological polar surface area (TPSA) is 78.9 Å². The van der Waals surface area contributed by atoms with Gasteiger partial charge in [-0.2, -0.15) is 0 Å². The van der Waals surface area contributed by atoms with Crippen molar-refractivity contribution < 1.29 is 28.6 Å². The summed E-state index contributed by atoms with van der Waals surface area (Å²) < 4.78 is 16.8. The molecule has 6 nitrogen and oxygen atoms in total. The Morgan fingerprint density at radius 2 is 0.520 bits per heavy atom. The predicted molar refractivity (Wildman–Crippen MR) is 325 cm³/mol. The minimum atomic E-state index is -0.795. The van der Waals surface area contributed by atoms with Crippen molar-refractivity contribution in [3.05, 3.63) is 122 Å². The molecule has 0 rings (SSSR count). The maximum Gasteiger partial charge on any atom is 0.306 e. The lowest BCUT2D eigenvalue weighted by Gasteiger charge is -2.18. The summed E-state index contributed by atoms with van der Waals surface area (Å²) >= 11 is 0. The predicted octanol–water partition coefficient (Wildman–Crippen LogP) is 21.2. The molecule has 0 aliphatic carbocycles. The summed E-state index contributed by atoms with van der Waals surface area (Å²) in [6.07, 6.45) is 86.3. The van der Waals surface area contributed by atoms with Crippen molar-refractivity contribution >= 4 is 17.9 Å². The third-order valence-corrected chi connectivity index (χ3v) is 13.0. The highest BCUT2D eigenvalue weighted by atomic mass is 16.6. The summed E-state index contributed by atoms with van der Waals surface area (Å²) in [4.78, 5) is 38.2. The van der Waals surface area contributed by atoms with Crippen LogP contribution in [0.15, 0.2) is 122 Å². The fourth-order valence-electron chi connectivity index (χ4n) is 8.31. The Morgan fingerprint density at radius 1 is 0.280 bits per heavy atom. The van der Waals surface area contributed by atoms with E-state index in [4.69, 9.17) is 14.2 Å². The maximum atomic E-state index is 12.9. The van der Waals surface area contributed by atoms with E-state index in [9.17, 15) is 14.4 Å². The molecule has 0 bridgehead atoms. The van der Waals surface area contributed by atoms with E-state index >= 15 is 0 Å². The molecule has 0 aromatic heterocycles. The number of allylic oxidation sites excluding steroid dienone is 20. The molecule has 0 spiro atoms. The summed E-state index contributed by atoms with van der Waals surface area (Å²) in [5, 5.41) is 0. The summed E-state index contributed by atoms with van der Waals surface area (Å²) in [6, 6.07) is 0. The smallest absolute Gasteiger partial charge is 0.306 e. The van der Waals surface area contributed by atoms with E-state index in [1.165, 1.54) is 89.9 Å². The van der Waals surface area contributed by atoms with E-state index in [1.807, 2.05) is 0 Å². The molecular formula is C69H114O6. The molecule has 0 aromatic carbocycles. The van der Waals surface area contributed by atoms with Gasteiger partial charge in [0.1, 0.15) is 13.2 Å². The van der Waals surface area contributed by atoms with Crippen LogP contribution in [-0.2, 0) is 28.6 Å². The number of ether oxygens (including phenoxy) is 3. The van der Waals surface area contributed by atoms with Crippen LogP contribution in [-0.4, -0.2) is 37.2 Å². The lowest BCUT2D eigenvalue weighted by atomic mass is 10.1. The third kappa shape index (κ3) is 60.6. The number of carbonyl (C=O) groups excluding carboxylic acids is 3. The van der Waals surface area contributed by atoms with Gasteiger partial charge < -0.3 is 14.2 Å². The molecule has 0 aromatic rings. The van der Waals surface area contributed by atoms with E-state index in [-0.39, 0.29) is 31.1 Å². The Bertz CT molecular complexity index is 1570. The van der Waals surface area contributed by atoms with Crippen LogP contribution in [0, 0.1) is 0 Å². The van der Waals surface area contributed by atoms with Crippen LogP contribution in [0.25, 0.3) is 0 Å². The van der Waals surface area contributed by atoms with Gasteiger partial charge >= 0.3 is 17.9 Å². The van der Waals surface area contributed by atoms with Gasteiger partial charge in [-0.05, 0) is 116 Å². The van der Waals surface area contributed by atoms with E-state index in [0.717, 1.165) is 148 Å². The number of esters is 3. The average Bonchev–Trinajstić information content (AvgIpc) is 3.41. The first-order chi connectivity index (χ1) is 37.0. The van der Waals surface area contributed by atoms with Crippen LogP contribution in [0.2, 0.25) is 0 Å². The molecule has 0 heterocycles. The van der Waals surface area contributed by atoms with Gasteiger partial charge in [-0.25, -0.2) is 0 Å². The van der Waals surface area contributed by atoms with E-state index in [1.54, 1.807) is 0 Å². The molecule has 0 aliphatic heterocycles. The monoisotopic (exact) mass is 1040 g/mol.